The fourth-order valence-electron chi connectivity index (χ4n) is 9.27. The van der Waals surface area contributed by atoms with Gasteiger partial charge in [-0.15, -0.1) is 0 Å². The van der Waals surface area contributed by atoms with Crippen molar-refractivity contribution < 1.29 is 9.47 Å². The molecule has 4 nitrogen and oxygen atoms in total. The molecule has 5 heteroatoms. The smallest absolute Gasteiger partial charge is 0.163 e. The van der Waals surface area contributed by atoms with E-state index in [2.05, 4.69) is 203 Å². The van der Waals surface area contributed by atoms with Crippen LogP contribution in [0.4, 0.5) is 34.1 Å². The van der Waals surface area contributed by atoms with Crippen molar-refractivity contribution in [2.24, 2.45) is 5.92 Å². The number of allylic oxidation sites excluding steroid dienone is 3. The molecule has 0 saturated carbocycles. The molecule has 0 N–H and O–H groups in total. The van der Waals surface area contributed by atoms with Gasteiger partial charge in [-0.25, -0.2) is 0 Å². The molecule has 1 aliphatic carbocycles. The van der Waals surface area contributed by atoms with Gasteiger partial charge >= 0.3 is 0 Å². The first-order valence-electron chi connectivity index (χ1n) is 22.6. The van der Waals surface area contributed by atoms with Gasteiger partial charge in [-0.3, -0.25) is 0 Å². The molecule has 5 aromatic carbocycles. The maximum absolute atomic E-state index is 8.05. The van der Waals surface area contributed by atoms with Crippen molar-refractivity contribution in [3.05, 3.63) is 148 Å². The molecule has 1 heterocycles. The lowest BCUT2D eigenvalue weighted by Crippen LogP contribution is -2.34. The Kier molecular flexibility index (Phi) is 12.4. The monoisotopic (exact) mass is 849 g/mol. The molecular formula is C57H69ClN2O2. The summed E-state index contributed by atoms with van der Waals surface area (Å²) in [6.07, 6.45) is 7.40. The van der Waals surface area contributed by atoms with Crippen LogP contribution in [0.5, 0.6) is 11.5 Å². The van der Waals surface area contributed by atoms with E-state index in [4.69, 9.17) is 27.7 Å². The van der Waals surface area contributed by atoms with E-state index in [-0.39, 0.29) is 21.7 Å². The lowest BCUT2D eigenvalue weighted by Gasteiger charge is -2.42. The Balaban J connectivity index is 1.53. The van der Waals surface area contributed by atoms with Gasteiger partial charge in [0.2, 0.25) is 0 Å². The largest absolute Gasteiger partial charge is 0.486 e. The molecule has 326 valence electrons. The van der Waals surface area contributed by atoms with Gasteiger partial charge in [0.1, 0.15) is 13.2 Å². The minimum Gasteiger partial charge on any atom is -0.486 e. The van der Waals surface area contributed by atoms with Gasteiger partial charge in [0.05, 0.1) is 22.1 Å². The van der Waals surface area contributed by atoms with Crippen LogP contribution in [0.2, 0.25) is 5.02 Å². The number of hydrogen-bond donors (Lipinski definition) is 0. The third kappa shape index (κ3) is 9.09. The summed E-state index contributed by atoms with van der Waals surface area (Å²) in [4.78, 5) is 4.68. The molecule has 0 bridgehead atoms. The van der Waals surface area contributed by atoms with E-state index in [0.29, 0.717) is 24.2 Å². The van der Waals surface area contributed by atoms with Crippen molar-refractivity contribution in [3.63, 3.8) is 0 Å². The minimum atomic E-state index is -0.00945. The predicted octanol–water partition coefficient (Wildman–Crippen LogP) is 16.9. The third-order valence-corrected chi connectivity index (χ3v) is 13.5. The second kappa shape index (κ2) is 17.0. The van der Waals surface area contributed by atoms with Gasteiger partial charge in [-0.2, -0.15) is 0 Å². The fourth-order valence-corrected chi connectivity index (χ4v) is 9.55. The number of fused-ring (bicyclic) bond motifs is 2. The Hall–Kier alpha value is -4.93. The van der Waals surface area contributed by atoms with Crippen LogP contribution in [0, 0.1) is 12.8 Å². The Bertz CT molecular complexity index is 2420. The molecule has 2 aliphatic rings. The molecule has 0 fully saturated rings. The number of rotatable bonds is 10. The van der Waals surface area contributed by atoms with Crippen molar-refractivity contribution in [1.82, 2.24) is 0 Å². The number of nitrogens with zero attached hydrogens (tertiary/aromatic N) is 2. The summed E-state index contributed by atoms with van der Waals surface area (Å²) < 4.78 is 12.6. The highest BCUT2D eigenvalue weighted by Crippen LogP contribution is 2.53. The van der Waals surface area contributed by atoms with Gasteiger partial charge in [0.25, 0.3) is 0 Å². The van der Waals surface area contributed by atoms with Gasteiger partial charge in [0.15, 0.2) is 11.5 Å². The van der Waals surface area contributed by atoms with Crippen LogP contribution in [-0.2, 0) is 21.7 Å². The second-order valence-electron chi connectivity index (χ2n) is 21.2. The molecule has 5 aromatic rings. The summed E-state index contributed by atoms with van der Waals surface area (Å²) in [6, 6.07) is 33.8. The molecule has 0 amide bonds. The Morgan fingerprint density at radius 3 is 1.68 bits per heavy atom. The lowest BCUT2D eigenvalue weighted by molar-refractivity contribution is 0.171. The Labute approximate surface area is 378 Å². The van der Waals surface area contributed by atoms with Gasteiger partial charge in [-0.05, 0) is 149 Å². The highest BCUT2D eigenvalue weighted by molar-refractivity contribution is 6.36. The zero-order chi connectivity index (χ0) is 44.9. The zero-order valence-corrected chi connectivity index (χ0v) is 40.5. The van der Waals surface area contributed by atoms with Crippen LogP contribution in [0.3, 0.4) is 0 Å². The SMILES string of the molecule is C=C(CC(C)/C=C\C)c1cc2c(cc1N(c1ccc3c(c1)C(C)(C)CCC3(C)C)c1cc(C)cc(N(c3ccc(C(C)(C)C)cc3)c3ccc(C(C)(C)C)cc3)c1Cl)OCCO2. The van der Waals surface area contributed by atoms with Crippen molar-refractivity contribution >= 4 is 51.3 Å². The van der Waals surface area contributed by atoms with Crippen LogP contribution in [-0.4, -0.2) is 13.2 Å². The zero-order valence-electron chi connectivity index (χ0n) is 39.7. The Morgan fingerprint density at radius 2 is 1.16 bits per heavy atom. The molecule has 1 aliphatic heterocycles. The number of hydrogen-bond acceptors (Lipinski definition) is 4. The Morgan fingerprint density at radius 1 is 0.677 bits per heavy atom. The first-order chi connectivity index (χ1) is 29.1. The van der Waals surface area contributed by atoms with E-state index in [0.717, 1.165) is 81.6 Å². The normalized spacial score (nSPS) is 16.2. The first-order valence-corrected chi connectivity index (χ1v) is 23.0. The average Bonchev–Trinajstić information content (AvgIpc) is 3.21. The van der Waals surface area contributed by atoms with Gasteiger partial charge in [-0.1, -0.05) is 137 Å². The standard InChI is InChI=1S/C57H69ClN2O2/c1-15-16-37(2)31-39(4)45-35-51-52(62-30-29-61-51)36-48(45)60(44-25-26-46-47(34-44)57(13,14)28-27-56(46,11)12)50-33-38(3)32-49(53(50)58)59(42-21-17-40(18-22-42)54(5,6)7)43-23-19-41(20-24-43)55(8,9)10/h15-26,32-37H,4,27-31H2,1-3,5-14H3/b16-15-. The van der Waals surface area contributed by atoms with Crippen LogP contribution in [0.1, 0.15) is 136 Å². The minimum absolute atomic E-state index is 0.00945. The number of anilines is 6. The molecule has 0 aromatic heterocycles. The van der Waals surface area contributed by atoms with E-state index in [1.165, 1.54) is 22.3 Å². The topological polar surface area (TPSA) is 24.9 Å². The molecule has 0 saturated heterocycles. The van der Waals surface area contributed by atoms with Crippen LogP contribution in [0.15, 0.2) is 110 Å². The highest BCUT2D eigenvalue weighted by atomic mass is 35.5. The molecular weight excluding hydrogens is 780 g/mol. The lowest BCUT2D eigenvalue weighted by atomic mass is 9.63. The van der Waals surface area contributed by atoms with Crippen LogP contribution in [0.25, 0.3) is 5.57 Å². The molecule has 1 unspecified atom stereocenters. The molecule has 1 atom stereocenters. The summed E-state index contributed by atoms with van der Waals surface area (Å²) in [6.45, 7) is 35.3. The maximum Gasteiger partial charge on any atom is 0.163 e. The molecule has 7 rings (SSSR count). The number of benzene rings is 5. The predicted molar refractivity (Wildman–Crippen MR) is 267 cm³/mol. The fraction of sp³-hybridized carbons (Fsp3) is 0.404. The molecule has 0 radical (unpaired) electrons. The van der Waals surface area contributed by atoms with Crippen LogP contribution >= 0.6 is 11.6 Å². The van der Waals surface area contributed by atoms with Crippen molar-refractivity contribution in [2.45, 2.75) is 131 Å². The summed E-state index contributed by atoms with van der Waals surface area (Å²) >= 11 is 8.05. The van der Waals surface area contributed by atoms with Crippen molar-refractivity contribution in [3.8, 4) is 11.5 Å². The molecule has 0 spiro atoms. The molecule has 62 heavy (non-hydrogen) atoms. The van der Waals surface area contributed by atoms with E-state index < -0.39 is 0 Å². The summed E-state index contributed by atoms with van der Waals surface area (Å²) in [5.74, 6) is 1.76. The van der Waals surface area contributed by atoms with Crippen molar-refractivity contribution in [2.75, 3.05) is 23.0 Å². The van der Waals surface area contributed by atoms with Gasteiger partial charge in [0, 0.05) is 28.7 Å². The average molecular weight is 850 g/mol. The number of ether oxygens (including phenoxy) is 2. The summed E-state index contributed by atoms with van der Waals surface area (Å²) in [5.41, 5.74) is 14.4. The van der Waals surface area contributed by atoms with E-state index >= 15 is 0 Å². The number of aryl methyl sites for hydroxylation is 1. The first kappa shape index (κ1) is 45.1. The second-order valence-corrected chi connectivity index (χ2v) is 21.6. The maximum atomic E-state index is 8.05. The van der Waals surface area contributed by atoms with E-state index in [9.17, 15) is 0 Å². The summed E-state index contributed by atoms with van der Waals surface area (Å²) in [7, 11) is 0. The number of halogens is 1. The van der Waals surface area contributed by atoms with E-state index in [1.54, 1.807) is 0 Å². The summed E-state index contributed by atoms with van der Waals surface area (Å²) in [5, 5.41) is 0.640. The highest BCUT2D eigenvalue weighted by Gasteiger charge is 2.38. The van der Waals surface area contributed by atoms with Gasteiger partial charge < -0.3 is 19.3 Å². The van der Waals surface area contributed by atoms with Crippen LogP contribution < -0.4 is 19.3 Å². The quantitative estimate of drug-likeness (QED) is 0.131. The van der Waals surface area contributed by atoms with E-state index in [1.807, 2.05) is 0 Å². The third-order valence-electron chi connectivity index (χ3n) is 13.1. The van der Waals surface area contributed by atoms with Crippen molar-refractivity contribution in [1.29, 1.82) is 0 Å².